The number of aryl methyl sites for hydroxylation is 1. The fourth-order valence-electron chi connectivity index (χ4n) is 5.05. The van der Waals surface area contributed by atoms with Gasteiger partial charge in [-0.05, 0) is 24.3 Å². The Hall–Kier alpha value is -3.30. The van der Waals surface area contributed by atoms with Crippen LogP contribution in [0.15, 0.2) is 59.3 Å². The Balaban J connectivity index is 0.00000160. The van der Waals surface area contributed by atoms with E-state index in [1.807, 2.05) is 60.3 Å². The van der Waals surface area contributed by atoms with Crippen molar-refractivity contribution >= 4 is 69.6 Å². The molecule has 10 heteroatoms. The average Bonchev–Trinajstić information content (AvgIpc) is 3.55. The van der Waals surface area contributed by atoms with Crippen LogP contribution in [0.3, 0.4) is 0 Å². The van der Waals surface area contributed by atoms with Gasteiger partial charge in [0, 0.05) is 73.4 Å². The predicted octanol–water partition coefficient (Wildman–Crippen LogP) is 3.62. The summed E-state index contributed by atoms with van der Waals surface area (Å²) in [4.78, 5) is 28.4. The summed E-state index contributed by atoms with van der Waals surface area (Å²) in [6, 6.07) is 13.3. The Bertz CT molecular complexity index is 1500. The molecule has 0 saturated carbocycles. The second-order valence-electron chi connectivity index (χ2n) is 8.95. The lowest BCUT2D eigenvalue weighted by molar-refractivity contribution is -0.122. The highest BCUT2D eigenvalue weighted by atomic mass is 35.5. The van der Waals surface area contributed by atoms with Gasteiger partial charge in [-0.15, -0.1) is 24.8 Å². The van der Waals surface area contributed by atoms with E-state index in [-0.39, 0.29) is 24.8 Å². The lowest BCUT2D eigenvalue weighted by atomic mass is 9.95. The normalized spacial score (nSPS) is 16.1. The predicted molar refractivity (Wildman–Crippen MR) is 148 cm³/mol. The first-order chi connectivity index (χ1) is 17.1. The molecule has 4 heterocycles. The number of imide groups is 1. The molecule has 2 amide bonds. The van der Waals surface area contributed by atoms with Crippen LogP contribution in [0.4, 0.5) is 0 Å². The van der Waals surface area contributed by atoms with Crippen molar-refractivity contribution < 1.29 is 18.7 Å². The number of rotatable bonds is 6. The van der Waals surface area contributed by atoms with E-state index in [9.17, 15) is 9.59 Å². The lowest BCUT2D eigenvalue weighted by Crippen LogP contribution is -2.44. The zero-order chi connectivity index (χ0) is 23.9. The number of nitrogens with one attached hydrogen (secondary N) is 2. The lowest BCUT2D eigenvalue weighted by Gasteiger charge is -2.26. The van der Waals surface area contributed by atoms with Crippen LogP contribution in [0.5, 0.6) is 5.75 Å². The molecular weight excluding hydrogens is 515 g/mol. The van der Waals surface area contributed by atoms with Gasteiger partial charge in [0.05, 0.1) is 17.4 Å². The third-order valence-corrected chi connectivity index (χ3v) is 6.80. The van der Waals surface area contributed by atoms with Crippen LogP contribution >= 0.6 is 24.8 Å². The van der Waals surface area contributed by atoms with Crippen LogP contribution in [-0.4, -0.2) is 60.6 Å². The van der Waals surface area contributed by atoms with Crippen LogP contribution in [0.1, 0.15) is 11.1 Å². The van der Waals surface area contributed by atoms with Crippen molar-refractivity contribution in [2.75, 3.05) is 39.3 Å². The molecule has 6 rings (SSSR count). The quantitative estimate of drug-likeness (QED) is 0.362. The van der Waals surface area contributed by atoms with Crippen molar-refractivity contribution in [2.24, 2.45) is 7.05 Å². The molecule has 37 heavy (non-hydrogen) atoms. The van der Waals surface area contributed by atoms with E-state index in [2.05, 4.69) is 15.5 Å². The van der Waals surface area contributed by atoms with Gasteiger partial charge in [0.15, 0.2) is 0 Å². The monoisotopic (exact) mass is 542 g/mol. The van der Waals surface area contributed by atoms with Gasteiger partial charge in [-0.2, -0.15) is 0 Å². The number of aromatic nitrogens is 1. The second-order valence-corrected chi connectivity index (χ2v) is 8.95. The Morgan fingerprint density at radius 1 is 0.973 bits per heavy atom. The molecule has 2 aromatic carbocycles. The number of ether oxygens (including phenoxy) is 1. The Kier molecular flexibility index (Phi) is 7.94. The Morgan fingerprint density at radius 2 is 1.73 bits per heavy atom. The molecule has 1 saturated heterocycles. The number of furan rings is 1. The van der Waals surface area contributed by atoms with E-state index in [0.717, 1.165) is 54.8 Å². The first-order valence-electron chi connectivity index (χ1n) is 11.8. The number of piperazine rings is 1. The van der Waals surface area contributed by atoms with Gasteiger partial charge in [0.2, 0.25) is 0 Å². The summed E-state index contributed by atoms with van der Waals surface area (Å²) >= 11 is 0. The number of benzene rings is 2. The number of hydrogen-bond donors (Lipinski definition) is 2. The van der Waals surface area contributed by atoms with Gasteiger partial charge in [0.25, 0.3) is 11.8 Å². The highest BCUT2D eigenvalue weighted by Crippen LogP contribution is 2.39. The molecule has 0 bridgehead atoms. The molecule has 0 spiro atoms. The number of nitrogens with zero attached hydrogens (tertiary/aromatic N) is 2. The molecule has 2 aliphatic rings. The molecule has 0 atom stereocenters. The fraction of sp³-hybridized carbons (Fsp3) is 0.259. The molecule has 0 aliphatic carbocycles. The first-order valence-corrected chi connectivity index (χ1v) is 11.8. The molecule has 2 aromatic heterocycles. The van der Waals surface area contributed by atoms with Crippen molar-refractivity contribution in [3.8, 4) is 5.75 Å². The van der Waals surface area contributed by atoms with Crippen LogP contribution < -0.4 is 15.4 Å². The minimum absolute atomic E-state index is 0. The average molecular weight is 543 g/mol. The van der Waals surface area contributed by atoms with E-state index < -0.39 is 11.8 Å². The number of amides is 2. The maximum atomic E-state index is 13.1. The standard InChI is InChI=1S/C27H26N4O4.2ClH/c1-30-16-21(20-15-18(5-6-22(20)30)34-14-12-31-10-8-28-9-11-31)24-23(26(32)29-27(24)33)19-4-2-3-17-7-13-35-25(17)19;;/h2-7,13,15-16,28H,8-12,14H2,1H3,(H,29,32,33);2*1H. The van der Waals surface area contributed by atoms with Gasteiger partial charge in [-0.3, -0.25) is 19.8 Å². The van der Waals surface area contributed by atoms with E-state index in [1.165, 1.54) is 0 Å². The summed E-state index contributed by atoms with van der Waals surface area (Å²) < 4.78 is 13.7. The van der Waals surface area contributed by atoms with Gasteiger partial charge >= 0.3 is 0 Å². The summed E-state index contributed by atoms with van der Waals surface area (Å²) in [5, 5.41) is 7.57. The maximum Gasteiger partial charge on any atom is 0.259 e. The van der Waals surface area contributed by atoms with Crippen molar-refractivity contribution in [2.45, 2.75) is 0 Å². The van der Waals surface area contributed by atoms with Crippen molar-refractivity contribution in [3.63, 3.8) is 0 Å². The molecule has 4 aromatic rings. The molecule has 194 valence electrons. The number of para-hydroxylation sites is 1. The number of halogens is 2. The molecule has 0 radical (unpaired) electrons. The largest absolute Gasteiger partial charge is 0.492 e. The molecule has 0 unspecified atom stereocenters. The number of fused-ring (bicyclic) bond motifs is 2. The van der Waals surface area contributed by atoms with Crippen molar-refractivity contribution in [1.82, 2.24) is 20.1 Å². The third kappa shape index (κ3) is 4.85. The van der Waals surface area contributed by atoms with E-state index >= 15 is 0 Å². The summed E-state index contributed by atoms with van der Waals surface area (Å²) in [5.41, 5.74) is 3.51. The topological polar surface area (TPSA) is 88.7 Å². The molecular formula is C27H28Cl2N4O4. The van der Waals surface area contributed by atoms with E-state index in [1.54, 1.807) is 6.26 Å². The van der Waals surface area contributed by atoms with Gasteiger partial charge < -0.3 is 19.0 Å². The SMILES string of the molecule is Cl.Cl.Cn1cc(C2=C(c3cccc4ccoc34)C(=O)NC2=O)c2cc(OCCN3CCNCC3)ccc21. The van der Waals surface area contributed by atoms with Crippen molar-refractivity contribution in [3.05, 3.63) is 66.1 Å². The summed E-state index contributed by atoms with van der Waals surface area (Å²) in [6.07, 6.45) is 3.48. The summed E-state index contributed by atoms with van der Waals surface area (Å²) in [6.45, 7) is 5.50. The van der Waals surface area contributed by atoms with Crippen LogP contribution in [-0.2, 0) is 16.6 Å². The molecule has 2 N–H and O–H groups in total. The van der Waals surface area contributed by atoms with E-state index in [0.29, 0.717) is 34.5 Å². The van der Waals surface area contributed by atoms with E-state index in [4.69, 9.17) is 9.15 Å². The maximum absolute atomic E-state index is 13.1. The number of hydrogen-bond acceptors (Lipinski definition) is 6. The zero-order valence-corrected chi connectivity index (χ0v) is 21.9. The fourth-order valence-corrected chi connectivity index (χ4v) is 5.05. The second kappa shape index (κ2) is 11.0. The first kappa shape index (κ1) is 26.8. The van der Waals surface area contributed by atoms with Gasteiger partial charge in [-0.25, -0.2) is 0 Å². The molecule has 8 nitrogen and oxygen atoms in total. The summed E-state index contributed by atoms with van der Waals surface area (Å²) in [7, 11) is 1.93. The number of carbonyl (C=O) groups is 2. The summed E-state index contributed by atoms with van der Waals surface area (Å²) in [5.74, 6) is -0.0967. The highest BCUT2D eigenvalue weighted by molar-refractivity contribution is 6.50. The van der Waals surface area contributed by atoms with Crippen LogP contribution in [0.25, 0.3) is 33.0 Å². The number of carbonyl (C=O) groups excluding carboxylic acids is 2. The third-order valence-electron chi connectivity index (χ3n) is 6.80. The molecule has 2 aliphatic heterocycles. The highest BCUT2D eigenvalue weighted by Gasteiger charge is 2.35. The minimum Gasteiger partial charge on any atom is -0.492 e. The van der Waals surface area contributed by atoms with Crippen molar-refractivity contribution in [1.29, 1.82) is 0 Å². The minimum atomic E-state index is -0.422. The zero-order valence-electron chi connectivity index (χ0n) is 20.3. The smallest absolute Gasteiger partial charge is 0.259 e. The van der Waals surface area contributed by atoms with Gasteiger partial charge in [-0.1, -0.05) is 18.2 Å². The van der Waals surface area contributed by atoms with Gasteiger partial charge in [0.1, 0.15) is 17.9 Å². The van der Waals surface area contributed by atoms with Crippen LogP contribution in [0.2, 0.25) is 0 Å². The Labute approximate surface area is 226 Å². The Morgan fingerprint density at radius 3 is 2.51 bits per heavy atom. The molecule has 1 fully saturated rings. The van der Waals surface area contributed by atoms with Crippen LogP contribution in [0, 0.1) is 0 Å².